The van der Waals surface area contributed by atoms with Gasteiger partial charge < -0.3 is 9.84 Å². The van der Waals surface area contributed by atoms with Gasteiger partial charge in [0.05, 0.1) is 17.2 Å². The first-order chi connectivity index (χ1) is 12.6. The summed E-state index contributed by atoms with van der Waals surface area (Å²) < 4.78 is 5.81. The predicted octanol–water partition coefficient (Wildman–Crippen LogP) is 5.04. The molecule has 0 spiro atoms. The van der Waals surface area contributed by atoms with Crippen LogP contribution in [0.5, 0.6) is 11.5 Å². The summed E-state index contributed by atoms with van der Waals surface area (Å²) in [6.45, 7) is 0. The number of dihydropyridines is 1. The van der Waals surface area contributed by atoms with Crippen LogP contribution in [0.4, 0.5) is 0 Å². The van der Waals surface area contributed by atoms with Crippen LogP contribution >= 0.6 is 11.6 Å². The number of hydrogen-bond acceptors (Lipinski definition) is 3. The highest BCUT2D eigenvalue weighted by Gasteiger charge is 2.31. The molecule has 1 heterocycles. The maximum Gasteiger partial charge on any atom is 0.281 e. The fourth-order valence-electron chi connectivity index (χ4n) is 2.95. The van der Waals surface area contributed by atoms with E-state index in [9.17, 15) is 9.90 Å². The second-order valence-corrected chi connectivity index (χ2v) is 6.35. The number of carbonyl (C=O) groups is 1. The zero-order valence-electron chi connectivity index (χ0n) is 13.6. The molecule has 2 aromatic rings. The Bertz CT molecular complexity index is 1000. The highest BCUT2D eigenvalue weighted by atomic mass is 35.5. The topological polar surface area (TPSA) is 58.9 Å². The van der Waals surface area contributed by atoms with Crippen LogP contribution in [-0.4, -0.2) is 16.7 Å². The molecule has 128 valence electrons. The number of allylic oxidation sites excluding steroid dienone is 4. The SMILES string of the molecule is O=C1N=C2C=C(Cl)C=CC2C(O)=C1c1cccc(Oc2ccccc2)c1. The molecule has 0 fully saturated rings. The molecule has 0 bridgehead atoms. The number of carbonyl (C=O) groups excluding carboxylic acids is 1. The van der Waals surface area contributed by atoms with Gasteiger partial charge in [0.25, 0.3) is 5.91 Å². The van der Waals surface area contributed by atoms with Gasteiger partial charge in [-0.3, -0.25) is 4.79 Å². The molecule has 0 radical (unpaired) electrons. The van der Waals surface area contributed by atoms with Crippen LogP contribution in [0.15, 0.2) is 88.6 Å². The number of halogens is 1. The first-order valence-corrected chi connectivity index (χ1v) is 8.44. The van der Waals surface area contributed by atoms with Crippen LogP contribution in [0.2, 0.25) is 0 Å². The molecule has 2 aromatic carbocycles. The Labute approximate surface area is 155 Å². The van der Waals surface area contributed by atoms with E-state index in [1.807, 2.05) is 30.3 Å². The van der Waals surface area contributed by atoms with Crippen LogP contribution in [0, 0.1) is 5.92 Å². The highest BCUT2D eigenvalue weighted by Crippen LogP contribution is 2.34. The molecular formula is C21H14ClNO3. The van der Waals surface area contributed by atoms with Crippen molar-refractivity contribution < 1.29 is 14.6 Å². The van der Waals surface area contributed by atoms with Crippen LogP contribution in [0.1, 0.15) is 5.56 Å². The average molecular weight is 364 g/mol. The Morgan fingerprint density at radius 2 is 1.81 bits per heavy atom. The number of aliphatic hydroxyl groups excluding tert-OH is 1. The largest absolute Gasteiger partial charge is 0.510 e. The van der Waals surface area contributed by atoms with E-state index in [4.69, 9.17) is 16.3 Å². The molecule has 1 amide bonds. The lowest BCUT2D eigenvalue weighted by Gasteiger charge is -2.23. The van der Waals surface area contributed by atoms with Crippen LogP contribution in [0.3, 0.4) is 0 Å². The maximum absolute atomic E-state index is 12.5. The van der Waals surface area contributed by atoms with Gasteiger partial charge in [-0.15, -0.1) is 0 Å². The van der Waals surface area contributed by atoms with E-state index < -0.39 is 11.8 Å². The average Bonchev–Trinajstić information content (AvgIpc) is 2.62. The molecule has 0 aromatic heterocycles. The van der Waals surface area contributed by atoms with Gasteiger partial charge in [-0.2, -0.15) is 0 Å². The molecule has 26 heavy (non-hydrogen) atoms. The van der Waals surface area contributed by atoms with Crippen LogP contribution in [-0.2, 0) is 4.79 Å². The number of ether oxygens (including phenoxy) is 1. The lowest BCUT2D eigenvalue weighted by atomic mass is 9.88. The van der Waals surface area contributed by atoms with Crippen molar-refractivity contribution in [2.75, 3.05) is 0 Å². The van der Waals surface area contributed by atoms with Crippen molar-refractivity contribution in [3.05, 3.63) is 89.2 Å². The Hall–Kier alpha value is -3.11. The lowest BCUT2D eigenvalue weighted by molar-refractivity contribution is -0.112. The zero-order chi connectivity index (χ0) is 18.1. The molecule has 2 aliphatic rings. The van der Waals surface area contributed by atoms with Gasteiger partial charge in [-0.1, -0.05) is 48.0 Å². The van der Waals surface area contributed by atoms with Crippen molar-refractivity contribution in [1.82, 2.24) is 0 Å². The second-order valence-electron chi connectivity index (χ2n) is 5.91. The van der Waals surface area contributed by atoms with Crippen molar-refractivity contribution >= 4 is 28.8 Å². The van der Waals surface area contributed by atoms with Gasteiger partial charge in [-0.25, -0.2) is 4.99 Å². The molecule has 1 unspecified atom stereocenters. The number of benzene rings is 2. The van der Waals surface area contributed by atoms with Crippen molar-refractivity contribution in [2.24, 2.45) is 10.9 Å². The van der Waals surface area contributed by atoms with E-state index >= 15 is 0 Å². The van der Waals surface area contributed by atoms with Gasteiger partial charge in [-0.05, 0) is 42.0 Å². The van der Waals surface area contributed by atoms with Crippen LogP contribution < -0.4 is 4.74 Å². The molecule has 5 heteroatoms. The maximum atomic E-state index is 12.5. The van der Waals surface area contributed by atoms with Crippen molar-refractivity contribution in [2.45, 2.75) is 0 Å². The summed E-state index contributed by atoms with van der Waals surface area (Å²) in [6.07, 6.45) is 5.00. The number of fused-ring (bicyclic) bond motifs is 1. The third-order valence-corrected chi connectivity index (χ3v) is 4.38. The number of nitrogens with zero attached hydrogens (tertiary/aromatic N) is 1. The van der Waals surface area contributed by atoms with Gasteiger partial charge in [0.15, 0.2) is 0 Å². The standard InChI is InChI=1S/C21H14ClNO3/c22-14-9-10-17-18(12-14)23-21(25)19(20(17)24)13-5-4-8-16(11-13)26-15-6-2-1-3-7-15/h1-12,17,24H. The smallest absolute Gasteiger partial charge is 0.281 e. The summed E-state index contributed by atoms with van der Waals surface area (Å²) in [5.74, 6) is 0.255. The minimum atomic E-state index is -0.498. The number of rotatable bonds is 3. The van der Waals surface area contributed by atoms with Crippen molar-refractivity contribution in [1.29, 1.82) is 0 Å². The van der Waals surface area contributed by atoms with E-state index in [0.29, 0.717) is 27.8 Å². The minimum absolute atomic E-state index is 0.0338. The van der Waals surface area contributed by atoms with Crippen molar-refractivity contribution in [3.63, 3.8) is 0 Å². The van der Waals surface area contributed by atoms with Gasteiger partial charge in [0.2, 0.25) is 0 Å². The molecule has 1 aliphatic heterocycles. The van der Waals surface area contributed by atoms with Gasteiger partial charge in [0, 0.05) is 5.03 Å². The molecule has 1 atom stereocenters. The number of aliphatic imine (C=N–C) groups is 1. The number of para-hydroxylation sites is 1. The Morgan fingerprint density at radius 1 is 1.04 bits per heavy atom. The van der Waals surface area contributed by atoms with E-state index in [1.165, 1.54) is 0 Å². The molecule has 0 saturated heterocycles. The third-order valence-electron chi connectivity index (χ3n) is 4.15. The highest BCUT2D eigenvalue weighted by molar-refractivity contribution is 6.35. The third kappa shape index (κ3) is 3.07. The fourth-order valence-corrected chi connectivity index (χ4v) is 3.13. The van der Waals surface area contributed by atoms with Gasteiger partial charge in [0.1, 0.15) is 17.3 Å². The first kappa shape index (κ1) is 16.4. The lowest BCUT2D eigenvalue weighted by Crippen LogP contribution is -2.24. The summed E-state index contributed by atoms with van der Waals surface area (Å²) in [5.41, 5.74) is 1.17. The number of aliphatic hydroxyl groups is 1. The van der Waals surface area contributed by atoms with E-state index in [1.54, 1.807) is 42.5 Å². The summed E-state index contributed by atoms with van der Waals surface area (Å²) in [7, 11) is 0. The summed E-state index contributed by atoms with van der Waals surface area (Å²) in [6, 6.07) is 16.4. The van der Waals surface area contributed by atoms with Crippen molar-refractivity contribution in [3.8, 4) is 11.5 Å². The number of hydrogen-bond donors (Lipinski definition) is 1. The second kappa shape index (κ2) is 6.65. The van der Waals surface area contributed by atoms with E-state index in [-0.39, 0.29) is 11.3 Å². The molecule has 1 aliphatic carbocycles. The summed E-state index contributed by atoms with van der Waals surface area (Å²) >= 11 is 5.95. The van der Waals surface area contributed by atoms with Gasteiger partial charge >= 0.3 is 0 Å². The van der Waals surface area contributed by atoms with Crippen LogP contribution in [0.25, 0.3) is 5.57 Å². The Balaban J connectivity index is 1.69. The monoisotopic (exact) mass is 363 g/mol. The van der Waals surface area contributed by atoms with E-state index in [2.05, 4.69) is 4.99 Å². The fraction of sp³-hybridized carbons (Fsp3) is 0.0476. The summed E-state index contributed by atoms with van der Waals surface area (Å²) in [5, 5.41) is 11.1. The zero-order valence-corrected chi connectivity index (χ0v) is 14.4. The molecular weight excluding hydrogens is 350 g/mol. The first-order valence-electron chi connectivity index (χ1n) is 8.06. The number of amides is 1. The van der Waals surface area contributed by atoms with E-state index in [0.717, 1.165) is 0 Å². The normalized spacial score (nSPS) is 19.0. The molecule has 1 N–H and O–H groups in total. The predicted molar refractivity (Wildman–Crippen MR) is 102 cm³/mol. The summed E-state index contributed by atoms with van der Waals surface area (Å²) in [4.78, 5) is 16.6. The molecule has 4 rings (SSSR count). The molecule has 4 nitrogen and oxygen atoms in total. The molecule has 0 saturated carbocycles. The minimum Gasteiger partial charge on any atom is -0.510 e. The Kier molecular flexibility index (Phi) is 4.19. The Morgan fingerprint density at radius 3 is 2.62 bits per heavy atom. The quantitative estimate of drug-likeness (QED) is 0.831.